The number of hydrogen-bond acceptors (Lipinski definition) is 2. The second-order valence-electron chi connectivity index (χ2n) is 3.98. The molecule has 1 N–H and O–H groups in total. The molecule has 14 heavy (non-hydrogen) atoms. The Kier molecular flexibility index (Phi) is 2.66. The van der Waals surface area contributed by atoms with Crippen LogP contribution in [0.5, 0.6) is 0 Å². The highest BCUT2D eigenvalue weighted by atomic mass is 35.5. The predicted molar refractivity (Wildman–Crippen MR) is 61.2 cm³/mol. The number of benzene rings is 1. The molecule has 2 aliphatic rings. The van der Waals surface area contributed by atoms with Crippen LogP contribution in [-0.4, -0.2) is 25.2 Å². The SMILES string of the molecule is Cl.c1ccc(N2C[C@@H]3C[C@H]2CN3)cc1. The van der Waals surface area contributed by atoms with Gasteiger partial charge in [-0.15, -0.1) is 12.4 Å². The number of para-hydroxylation sites is 1. The predicted octanol–water partition coefficient (Wildman–Crippen LogP) is 1.66. The van der Waals surface area contributed by atoms with Crippen LogP contribution < -0.4 is 10.2 Å². The summed E-state index contributed by atoms with van der Waals surface area (Å²) in [5.41, 5.74) is 1.39. The number of fused-ring (bicyclic) bond motifs is 2. The Morgan fingerprint density at radius 3 is 2.57 bits per heavy atom. The average Bonchev–Trinajstić information content (AvgIpc) is 2.80. The van der Waals surface area contributed by atoms with Gasteiger partial charge in [-0.1, -0.05) is 18.2 Å². The summed E-state index contributed by atoms with van der Waals surface area (Å²) in [6.45, 7) is 2.36. The largest absolute Gasteiger partial charge is 0.366 e. The first-order chi connectivity index (χ1) is 6.43. The molecule has 0 radical (unpaired) electrons. The number of hydrogen-bond donors (Lipinski definition) is 1. The molecule has 2 fully saturated rings. The Hall–Kier alpha value is -0.730. The topological polar surface area (TPSA) is 15.3 Å². The Labute approximate surface area is 90.7 Å². The van der Waals surface area contributed by atoms with E-state index in [-0.39, 0.29) is 12.4 Å². The van der Waals surface area contributed by atoms with Crippen molar-refractivity contribution in [1.82, 2.24) is 5.32 Å². The molecule has 2 bridgehead atoms. The van der Waals surface area contributed by atoms with E-state index >= 15 is 0 Å². The molecule has 0 amide bonds. The van der Waals surface area contributed by atoms with Gasteiger partial charge >= 0.3 is 0 Å². The minimum Gasteiger partial charge on any atom is -0.366 e. The molecule has 3 rings (SSSR count). The summed E-state index contributed by atoms with van der Waals surface area (Å²) < 4.78 is 0. The summed E-state index contributed by atoms with van der Waals surface area (Å²) >= 11 is 0. The van der Waals surface area contributed by atoms with Gasteiger partial charge in [-0.3, -0.25) is 0 Å². The molecular formula is C11H15ClN2. The molecule has 0 unspecified atom stereocenters. The zero-order chi connectivity index (χ0) is 8.67. The number of nitrogens with one attached hydrogen (secondary N) is 1. The zero-order valence-electron chi connectivity index (χ0n) is 8.02. The van der Waals surface area contributed by atoms with Gasteiger partial charge in [0.25, 0.3) is 0 Å². The van der Waals surface area contributed by atoms with Crippen molar-refractivity contribution in [2.24, 2.45) is 0 Å². The number of anilines is 1. The number of piperazine rings is 1. The molecule has 2 aliphatic heterocycles. The Bertz CT molecular complexity index is 301. The van der Waals surface area contributed by atoms with Gasteiger partial charge in [0.2, 0.25) is 0 Å². The highest BCUT2D eigenvalue weighted by Gasteiger charge is 2.37. The molecule has 0 aromatic heterocycles. The van der Waals surface area contributed by atoms with Crippen LogP contribution in [0.3, 0.4) is 0 Å². The van der Waals surface area contributed by atoms with E-state index < -0.39 is 0 Å². The van der Waals surface area contributed by atoms with Gasteiger partial charge in [0.1, 0.15) is 0 Å². The maximum atomic E-state index is 3.51. The van der Waals surface area contributed by atoms with Crippen LogP contribution >= 0.6 is 12.4 Å². The lowest BCUT2D eigenvalue weighted by atomic mass is 10.2. The first-order valence-corrected chi connectivity index (χ1v) is 4.98. The molecule has 3 heteroatoms. The molecule has 2 nitrogen and oxygen atoms in total. The Morgan fingerprint density at radius 2 is 2.00 bits per heavy atom. The molecule has 2 saturated heterocycles. The second kappa shape index (κ2) is 3.79. The van der Waals surface area contributed by atoms with E-state index in [9.17, 15) is 0 Å². The van der Waals surface area contributed by atoms with Gasteiger partial charge in [0.15, 0.2) is 0 Å². The maximum Gasteiger partial charge on any atom is 0.0430 e. The van der Waals surface area contributed by atoms with Crippen molar-refractivity contribution in [3.05, 3.63) is 30.3 Å². The van der Waals surface area contributed by atoms with Gasteiger partial charge in [-0.25, -0.2) is 0 Å². The molecule has 76 valence electrons. The summed E-state index contributed by atoms with van der Waals surface area (Å²) in [6.07, 6.45) is 1.33. The lowest BCUT2D eigenvalue weighted by molar-refractivity contribution is 0.580. The van der Waals surface area contributed by atoms with Crippen LogP contribution in [0.25, 0.3) is 0 Å². The first kappa shape index (κ1) is 9.81. The Morgan fingerprint density at radius 1 is 1.21 bits per heavy atom. The minimum absolute atomic E-state index is 0. The zero-order valence-corrected chi connectivity index (χ0v) is 8.83. The van der Waals surface area contributed by atoms with E-state index in [0.717, 1.165) is 12.1 Å². The van der Waals surface area contributed by atoms with Crippen molar-refractivity contribution in [2.75, 3.05) is 18.0 Å². The minimum atomic E-state index is 0. The smallest absolute Gasteiger partial charge is 0.0430 e. The summed E-state index contributed by atoms with van der Waals surface area (Å²) in [5, 5.41) is 3.51. The highest BCUT2D eigenvalue weighted by molar-refractivity contribution is 5.85. The fraction of sp³-hybridized carbons (Fsp3) is 0.455. The van der Waals surface area contributed by atoms with Crippen molar-refractivity contribution in [3.8, 4) is 0 Å². The van der Waals surface area contributed by atoms with Crippen LogP contribution in [0.15, 0.2) is 30.3 Å². The van der Waals surface area contributed by atoms with Gasteiger partial charge in [-0.2, -0.15) is 0 Å². The fourth-order valence-corrected chi connectivity index (χ4v) is 2.50. The molecular weight excluding hydrogens is 196 g/mol. The highest BCUT2D eigenvalue weighted by Crippen LogP contribution is 2.28. The van der Waals surface area contributed by atoms with Gasteiger partial charge in [-0.05, 0) is 18.6 Å². The summed E-state index contributed by atoms with van der Waals surface area (Å²) in [4.78, 5) is 2.53. The fourth-order valence-electron chi connectivity index (χ4n) is 2.50. The number of rotatable bonds is 1. The van der Waals surface area contributed by atoms with Crippen LogP contribution in [0, 0.1) is 0 Å². The average molecular weight is 211 g/mol. The Balaban J connectivity index is 0.000000750. The third-order valence-electron chi connectivity index (χ3n) is 3.14. The van der Waals surface area contributed by atoms with E-state index in [0.29, 0.717) is 0 Å². The second-order valence-corrected chi connectivity index (χ2v) is 3.98. The van der Waals surface area contributed by atoms with Gasteiger partial charge in [0.05, 0.1) is 0 Å². The standard InChI is InChI=1S/C11H14N2.ClH/c1-2-4-10(5-3-1)13-8-9-6-11(13)7-12-9;/h1-5,9,11-12H,6-8H2;1H/t9-,11-;/m0./s1. The van der Waals surface area contributed by atoms with Gasteiger partial charge < -0.3 is 10.2 Å². The van der Waals surface area contributed by atoms with E-state index in [1.165, 1.54) is 25.2 Å². The monoisotopic (exact) mass is 210 g/mol. The third-order valence-corrected chi connectivity index (χ3v) is 3.14. The number of halogens is 1. The molecule has 2 atom stereocenters. The van der Waals surface area contributed by atoms with E-state index in [1.807, 2.05) is 0 Å². The quantitative estimate of drug-likeness (QED) is 0.759. The molecule has 2 heterocycles. The molecule has 0 saturated carbocycles. The van der Waals surface area contributed by atoms with E-state index in [2.05, 4.69) is 40.5 Å². The molecule has 1 aromatic rings. The maximum absolute atomic E-state index is 3.51. The third kappa shape index (κ3) is 1.49. The van der Waals surface area contributed by atoms with E-state index in [4.69, 9.17) is 0 Å². The lowest BCUT2D eigenvalue weighted by Gasteiger charge is -2.29. The summed E-state index contributed by atoms with van der Waals surface area (Å²) in [6, 6.07) is 12.2. The molecule has 0 aliphatic carbocycles. The van der Waals surface area contributed by atoms with Crippen LogP contribution in [0.1, 0.15) is 6.42 Å². The van der Waals surface area contributed by atoms with Crippen molar-refractivity contribution < 1.29 is 0 Å². The molecule has 0 spiro atoms. The van der Waals surface area contributed by atoms with Gasteiger partial charge in [0, 0.05) is 30.9 Å². The number of nitrogens with zero attached hydrogens (tertiary/aromatic N) is 1. The summed E-state index contributed by atoms with van der Waals surface area (Å²) in [7, 11) is 0. The summed E-state index contributed by atoms with van der Waals surface area (Å²) in [5.74, 6) is 0. The van der Waals surface area contributed by atoms with Crippen LogP contribution in [-0.2, 0) is 0 Å². The van der Waals surface area contributed by atoms with Crippen LogP contribution in [0.2, 0.25) is 0 Å². The normalized spacial score (nSPS) is 29.0. The van der Waals surface area contributed by atoms with Crippen molar-refractivity contribution in [3.63, 3.8) is 0 Å². The van der Waals surface area contributed by atoms with E-state index in [1.54, 1.807) is 0 Å². The van der Waals surface area contributed by atoms with Crippen molar-refractivity contribution in [2.45, 2.75) is 18.5 Å². The molecule has 1 aromatic carbocycles. The van der Waals surface area contributed by atoms with Crippen molar-refractivity contribution in [1.29, 1.82) is 0 Å². The first-order valence-electron chi connectivity index (χ1n) is 4.98. The van der Waals surface area contributed by atoms with Crippen molar-refractivity contribution >= 4 is 18.1 Å². The lowest BCUT2D eigenvalue weighted by Crippen LogP contribution is -2.43. The van der Waals surface area contributed by atoms with Crippen LogP contribution in [0.4, 0.5) is 5.69 Å².